The zero-order valence-corrected chi connectivity index (χ0v) is 19.8. The molecule has 0 saturated heterocycles. The molecule has 0 fully saturated rings. The van der Waals surface area contributed by atoms with Gasteiger partial charge in [-0.05, 0) is 48.8 Å². The van der Waals surface area contributed by atoms with Crippen LogP contribution in [-0.2, 0) is 6.54 Å². The number of carbonyl (C=O) groups is 1. The number of nitrogens with zero attached hydrogens (tertiary/aromatic N) is 3. The molecule has 2 aromatic heterocycles. The van der Waals surface area contributed by atoms with Gasteiger partial charge in [0.1, 0.15) is 11.9 Å². The number of nitrogens with one attached hydrogen (secondary N) is 1. The van der Waals surface area contributed by atoms with Gasteiger partial charge in [0.15, 0.2) is 0 Å². The average Bonchev–Trinajstić information content (AvgIpc) is 3.31. The first-order valence-corrected chi connectivity index (χ1v) is 11.9. The lowest BCUT2D eigenvalue weighted by Gasteiger charge is -2.22. The Bertz CT molecular complexity index is 1060. The molecule has 1 aliphatic rings. The maximum absolute atomic E-state index is 13.1. The van der Waals surface area contributed by atoms with Crippen LogP contribution in [0.2, 0.25) is 5.02 Å². The summed E-state index contributed by atoms with van der Waals surface area (Å²) in [5.41, 5.74) is 2.42. The lowest BCUT2D eigenvalue weighted by molar-refractivity contribution is 0.0754. The van der Waals surface area contributed by atoms with E-state index in [2.05, 4.69) is 26.6 Å². The molecule has 1 unspecified atom stereocenters. The number of pyridine rings is 1. The SMILES string of the molecule is CNCCC(Oc1ccc(CN2CCN(C)c3ccncc3C2=O)c(Cl)c1)c1cccs1. The van der Waals surface area contributed by atoms with E-state index in [-0.39, 0.29) is 12.0 Å². The first-order chi connectivity index (χ1) is 15.6. The van der Waals surface area contributed by atoms with Gasteiger partial charge in [-0.1, -0.05) is 23.7 Å². The second kappa shape index (κ2) is 10.3. The van der Waals surface area contributed by atoms with Crippen LogP contribution in [-0.4, -0.2) is 49.5 Å². The molecule has 168 valence electrons. The molecule has 0 saturated carbocycles. The second-order valence-electron chi connectivity index (χ2n) is 7.81. The number of likely N-dealkylation sites (N-methyl/N-ethyl adjacent to an activating group) is 1. The number of hydrogen-bond acceptors (Lipinski definition) is 6. The van der Waals surface area contributed by atoms with Crippen molar-refractivity contribution >= 4 is 34.5 Å². The summed E-state index contributed by atoms with van der Waals surface area (Å²) in [7, 11) is 3.93. The third-order valence-electron chi connectivity index (χ3n) is 5.61. The lowest BCUT2D eigenvalue weighted by Crippen LogP contribution is -2.33. The van der Waals surface area contributed by atoms with E-state index in [4.69, 9.17) is 16.3 Å². The van der Waals surface area contributed by atoms with Crippen molar-refractivity contribution in [2.75, 3.05) is 38.6 Å². The van der Waals surface area contributed by atoms with Crippen LogP contribution in [0.5, 0.6) is 5.75 Å². The normalized spacial score (nSPS) is 14.8. The Morgan fingerprint density at radius 2 is 2.16 bits per heavy atom. The first-order valence-electron chi connectivity index (χ1n) is 10.6. The maximum Gasteiger partial charge on any atom is 0.257 e. The molecule has 0 aliphatic carbocycles. The fourth-order valence-corrected chi connectivity index (χ4v) is 4.83. The zero-order valence-electron chi connectivity index (χ0n) is 18.3. The molecule has 32 heavy (non-hydrogen) atoms. The van der Waals surface area contributed by atoms with E-state index in [9.17, 15) is 4.79 Å². The highest BCUT2D eigenvalue weighted by atomic mass is 35.5. The molecular formula is C24H27ClN4O2S. The summed E-state index contributed by atoms with van der Waals surface area (Å²) in [6.45, 7) is 2.66. The van der Waals surface area contributed by atoms with Crippen molar-refractivity contribution in [1.82, 2.24) is 15.2 Å². The van der Waals surface area contributed by atoms with E-state index < -0.39 is 0 Å². The minimum absolute atomic E-state index is 0.0290. The molecule has 6 nitrogen and oxygen atoms in total. The van der Waals surface area contributed by atoms with Crippen molar-refractivity contribution in [2.45, 2.75) is 19.1 Å². The second-order valence-corrected chi connectivity index (χ2v) is 9.19. The Labute approximate surface area is 197 Å². The molecule has 4 rings (SSSR count). The number of carbonyl (C=O) groups excluding carboxylic acids is 1. The monoisotopic (exact) mass is 470 g/mol. The molecule has 1 atom stereocenters. The van der Waals surface area contributed by atoms with E-state index in [0.717, 1.165) is 36.5 Å². The summed E-state index contributed by atoms with van der Waals surface area (Å²) in [4.78, 5) is 22.4. The van der Waals surface area contributed by atoms with Gasteiger partial charge in [-0.15, -0.1) is 11.3 Å². The summed E-state index contributed by atoms with van der Waals surface area (Å²) in [5, 5.41) is 5.84. The summed E-state index contributed by atoms with van der Waals surface area (Å²) in [6.07, 6.45) is 4.19. The van der Waals surface area contributed by atoms with Gasteiger partial charge < -0.3 is 19.9 Å². The van der Waals surface area contributed by atoms with Crippen LogP contribution in [0.3, 0.4) is 0 Å². The van der Waals surface area contributed by atoms with Gasteiger partial charge in [-0.2, -0.15) is 0 Å². The summed E-state index contributed by atoms with van der Waals surface area (Å²) >= 11 is 8.32. The van der Waals surface area contributed by atoms with Gasteiger partial charge in [0, 0.05) is 55.4 Å². The molecule has 1 aromatic carbocycles. The molecule has 0 radical (unpaired) electrons. The molecule has 3 aromatic rings. The van der Waals surface area contributed by atoms with E-state index in [1.54, 1.807) is 23.7 Å². The minimum atomic E-state index is -0.0314. The molecule has 1 amide bonds. The van der Waals surface area contributed by atoms with Gasteiger partial charge in [0.05, 0.1) is 11.3 Å². The largest absolute Gasteiger partial charge is 0.485 e. The highest BCUT2D eigenvalue weighted by molar-refractivity contribution is 7.10. The van der Waals surface area contributed by atoms with Crippen molar-refractivity contribution in [3.63, 3.8) is 0 Å². The number of amides is 1. The molecule has 1 N–H and O–H groups in total. The molecule has 0 spiro atoms. The van der Waals surface area contributed by atoms with Gasteiger partial charge in [-0.3, -0.25) is 9.78 Å². The molecule has 3 heterocycles. The molecule has 1 aliphatic heterocycles. The van der Waals surface area contributed by atoms with Crippen molar-refractivity contribution < 1.29 is 9.53 Å². The van der Waals surface area contributed by atoms with Crippen LogP contribution >= 0.6 is 22.9 Å². The summed E-state index contributed by atoms with van der Waals surface area (Å²) < 4.78 is 6.28. The number of thiophene rings is 1. The van der Waals surface area contributed by atoms with Gasteiger partial charge >= 0.3 is 0 Å². The topological polar surface area (TPSA) is 57.7 Å². The van der Waals surface area contributed by atoms with Crippen molar-refractivity contribution in [1.29, 1.82) is 0 Å². The zero-order chi connectivity index (χ0) is 22.5. The van der Waals surface area contributed by atoms with Crippen LogP contribution in [0.15, 0.2) is 54.2 Å². The van der Waals surface area contributed by atoms with Crippen molar-refractivity contribution in [2.24, 2.45) is 0 Å². The number of fused-ring (bicyclic) bond motifs is 1. The standard InChI is InChI=1S/C24H27ClN4O2S/c1-26-9-8-22(23-4-3-13-32-23)31-18-6-5-17(20(25)14-18)16-29-12-11-28(2)21-7-10-27-15-19(21)24(29)30/h3-7,10,13-15,22,26H,8-9,11-12,16H2,1-2H3. The van der Waals surface area contributed by atoms with Crippen molar-refractivity contribution in [3.8, 4) is 5.75 Å². The van der Waals surface area contributed by atoms with Gasteiger partial charge in [0.2, 0.25) is 0 Å². The highest BCUT2D eigenvalue weighted by Crippen LogP contribution is 2.31. The van der Waals surface area contributed by atoms with Crippen LogP contribution in [0, 0.1) is 0 Å². The summed E-state index contributed by atoms with van der Waals surface area (Å²) in [5.74, 6) is 0.698. The van der Waals surface area contributed by atoms with Crippen LogP contribution in [0.4, 0.5) is 5.69 Å². The number of benzene rings is 1. The number of hydrogen-bond donors (Lipinski definition) is 1. The van der Waals surface area contributed by atoms with Crippen molar-refractivity contribution in [3.05, 3.63) is 75.2 Å². The Morgan fingerprint density at radius 1 is 1.28 bits per heavy atom. The smallest absolute Gasteiger partial charge is 0.257 e. The van der Waals surface area contributed by atoms with Gasteiger partial charge in [-0.25, -0.2) is 0 Å². The molecular weight excluding hydrogens is 444 g/mol. The maximum atomic E-state index is 13.1. The van der Waals surface area contributed by atoms with E-state index in [1.165, 1.54) is 4.88 Å². The molecule has 0 bridgehead atoms. The fourth-order valence-electron chi connectivity index (χ4n) is 3.81. The Kier molecular flexibility index (Phi) is 7.29. The van der Waals surface area contributed by atoms with E-state index in [0.29, 0.717) is 23.7 Å². The van der Waals surface area contributed by atoms with E-state index >= 15 is 0 Å². The Balaban J connectivity index is 1.49. The van der Waals surface area contributed by atoms with Crippen LogP contribution in [0.25, 0.3) is 0 Å². The Hall–Kier alpha value is -2.61. The Morgan fingerprint density at radius 3 is 2.91 bits per heavy atom. The number of anilines is 1. The third-order valence-corrected chi connectivity index (χ3v) is 6.93. The molecule has 8 heteroatoms. The van der Waals surface area contributed by atoms with Crippen LogP contribution in [0.1, 0.15) is 33.3 Å². The fraction of sp³-hybridized carbons (Fsp3) is 0.333. The number of halogens is 1. The quantitative estimate of drug-likeness (QED) is 0.520. The van der Waals surface area contributed by atoms with Gasteiger partial charge in [0.25, 0.3) is 5.91 Å². The lowest BCUT2D eigenvalue weighted by atomic mass is 10.1. The average molecular weight is 471 g/mol. The summed E-state index contributed by atoms with van der Waals surface area (Å²) in [6, 6.07) is 11.7. The minimum Gasteiger partial charge on any atom is -0.485 e. The van der Waals surface area contributed by atoms with Crippen LogP contribution < -0.4 is 15.0 Å². The van der Waals surface area contributed by atoms with E-state index in [1.807, 2.05) is 49.3 Å². The number of ether oxygens (including phenoxy) is 1. The number of rotatable bonds is 8. The highest BCUT2D eigenvalue weighted by Gasteiger charge is 2.25. The number of aromatic nitrogens is 1. The third kappa shape index (κ3) is 5.06. The predicted molar refractivity (Wildman–Crippen MR) is 130 cm³/mol. The predicted octanol–water partition coefficient (Wildman–Crippen LogP) is 4.62. The first kappa shape index (κ1) is 22.6.